The van der Waals surface area contributed by atoms with Crippen LogP contribution < -0.4 is 14.8 Å². The molecule has 2 N–H and O–H groups in total. The summed E-state index contributed by atoms with van der Waals surface area (Å²) in [4.78, 5) is 25.7. The fourth-order valence-corrected chi connectivity index (χ4v) is 4.76. The molecule has 2 aromatic carbocycles. The minimum Gasteiger partial charge on any atom is -0.490 e. The number of anilines is 2. The summed E-state index contributed by atoms with van der Waals surface area (Å²) >= 11 is 6.17. The summed E-state index contributed by atoms with van der Waals surface area (Å²) in [5.41, 5.74) is 1.88. The molecule has 3 aromatic rings. The number of aliphatic hydroxyl groups excluding tert-OH is 1. The predicted octanol–water partition coefficient (Wildman–Crippen LogP) is 4.81. The Kier molecular flexibility index (Phi) is 10.5. The van der Waals surface area contributed by atoms with Gasteiger partial charge in [-0.15, -0.1) is 0 Å². The zero-order valence-corrected chi connectivity index (χ0v) is 24.0. The summed E-state index contributed by atoms with van der Waals surface area (Å²) in [6, 6.07) is 6.27. The van der Waals surface area contributed by atoms with E-state index in [-0.39, 0.29) is 23.5 Å². The van der Waals surface area contributed by atoms with E-state index in [0.717, 1.165) is 13.0 Å². The lowest BCUT2D eigenvalue weighted by atomic mass is 10.1. The van der Waals surface area contributed by atoms with Crippen LogP contribution in [-0.2, 0) is 11.3 Å². The third kappa shape index (κ3) is 7.57. The maximum atomic E-state index is 14.5. The first-order valence-corrected chi connectivity index (χ1v) is 14.0. The summed E-state index contributed by atoms with van der Waals surface area (Å²) in [5, 5.41) is 13.1. The van der Waals surface area contributed by atoms with E-state index in [0.29, 0.717) is 85.0 Å². The Labute approximate surface area is 239 Å². The molecule has 2 bridgehead atoms. The number of rotatable bonds is 7. The average Bonchev–Trinajstić information content (AvgIpc) is 2.93. The molecular weight excluding hydrogens is 537 g/mol. The number of Topliss-reactive ketones (excluding diaryl/α,β-unsaturated/α-hetero) is 1. The standard InChI is InChI=1S/C29H37ClFN5O4/c1-19-26(38)7-4-5-11-39-27-14-21-25(16-28(27)40-12-6-8-35(2)9-10-37)32-18-33-29(21)34-24-15-22(30)23(31)13-20(24)17-36(19)3/h13-16,18-19,37H,4-12,17H2,1-3H3,(H,32,33,34)/t19-/m0/s1. The number of carbonyl (C=O) groups is 1. The Hall–Kier alpha value is -3.05. The van der Waals surface area contributed by atoms with Crippen molar-refractivity contribution in [2.24, 2.45) is 0 Å². The second kappa shape index (κ2) is 14.0. The van der Waals surface area contributed by atoms with Crippen LogP contribution in [0.4, 0.5) is 15.9 Å². The van der Waals surface area contributed by atoms with Gasteiger partial charge in [-0.05, 0) is 64.0 Å². The van der Waals surface area contributed by atoms with Gasteiger partial charge in [0, 0.05) is 43.2 Å². The topological polar surface area (TPSA) is 100 Å². The molecule has 40 heavy (non-hydrogen) atoms. The van der Waals surface area contributed by atoms with Gasteiger partial charge in [0.05, 0.1) is 36.4 Å². The molecule has 0 spiro atoms. The van der Waals surface area contributed by atoms with Crippen LogP contribution in [0.2, 0.25) is 5.02 Å². The smallest absolute Gasteiger partial charge is 0.163 e. The number of hydrogen-bond donors (Lipinski definition) is 2. The van der Waals surface area contributed by atoms with Crippen molar-refractivity contribution in [3.05, 3.63) is 47.0 Å². The van der Waals surface area contributed by atoms with Crippen molar-refractivity contribution in [3.63, 3.8) is 0 Å². The second-order valence-corrected chi connectivity index (χ2v) is 10.6. The number of aliphatic hydroxyl groups is 1. The van der Waals surface area contributed by atoms with Gasteiger partial charge in [0.1, 0.15) is 23.7 Å². The molecule has 9 nitrogen and oxygen atoms in total. The molecule has 0 radical (unpaired) electrons. The number of halogens is 2. The van der Waals surface area contributed by atoms with E-state index < -0.39 is 5.82 Å². The lowest BCUT2D eigenvalue weighted by Crippen LogP contribution is -2.35. The van der Waals surface area contributed by atoms with E-state index in [1.807, 2.05) is 43.0 Å². The van der Waals surface area contributed by atoms with Gasteiger partial charge in [-0.1, -0.05) is 11.6 Å². The lowest BCUT2D eigenvalue weighted by molar-refractivity contribution is -0.123. The van der Waals surface area contributed by atoms with Crippen molar-refractivity contribution in [2.75, 3.05) is 52.3 Å². The number of hydrogen-bond acceptors (Lipinski definition) is 9. The van der Waals surface area contributed by atoms with Crippen molar-refractivity contribution in [1.29, 1.82) is 0 Å². The highest BCUT2D eigenvalue weighted by Gasteiger charge is 2.21. The van der Waals surface area contributed by atoms with Crippen molar-refractivity contribution in [3.8, 4) is 11.5 Å². The molecule has 0 aliphatic carbocycles. The highest BCUT2D eigenvalue weighted by atomic mass is 35.5. The molecule has 1 atom stereocenters. The van der Waals surface area contributed by atoms with E-state index in [4.69, 9.17) is 26.2 Å². The van der Waals surface area contributed by atoms with Crippen molar-refractivity contribution >= 4 is 39.8 Å². The Morgan fingerprint density at radius 3 is 2.88 bits per heavy atom. The van der Waals surface area contributed by atoms with Gasteiger partial charge in [0.2, 0.25) is 0 Å². The van der Waals surface area contributed by atoms with Crippen LogP contribution in [0.3, 0.4) is 0 Å². The highest BCUT2D eigenvalue weighted by Crippen LogP contribution is 2.36. The van der Waals surface area contributed by atoms with Crippen LogP contribution in [0.1, 0.15) is 38.2 Å². The molecule has 0 unspecified atom stereocenters. The van der Waals surface area contributed by atoms with Crippen molar-refractivity contribution < 1.29 is 23.8 Å². The van der Waals surface area contributed by atoms with Gasteiger partial charge < -0.3 is 24.8 Å². The molecule has 0 saturated heterocycles. The van der Waals surface area contributed by atoms with Crippen LogP contribution in [0.5, 0.6) is 11.5 Å². The molecule has 1 aliphatic rings. The van der Waals surface area contributed by atoms with Gasteiger partial charge in [0.15, 0.2) is 11.5 Å². The molecule has 0 fully saturated rings. The summed E-state index contributed by atoms with van der Waals surface area (Å²) in [5.74, 6) is 1.22. The first kappa shape index (κ1) is 29.9. The zero-order valence-electron chi connectivity index (χ0n) is 23.3. The Morgan fingerprint density at radius 2 is 2.08 bits per heavy atom. The minimum absolute atomic E-state index is 0.0184. The summed E-state index contributed by atoms with van der Waals surface area (Å²) in [7, 11) is 3.80. The van der Waals surface area contributed by atoms with E-state index in [1.54, 1.807) is 0 Å². The number of fused-ring (bicyclic) bond motifs is 2. The number of aromatic nitrogens is 2. The van der Waals surface area contributed by atoms with Crippen LogP contribution in [0, 0.1) is 5.82 Å². The number of carbonyl (C=O) groups excluding carboxylic acids is 1. The predicted molar refractivity (Wildman–Crippen MR) is 154 cm³/mol. The average molecular weight is 574 g/mol. The number of ether oxygens (including phenoxy) is 2. The molecule has 216 valence electrons. The third-order valence-corrected chi connectivity index (χ3v) is 7.44. The third-order valence-electron chi connectivity index (χ3n) is 7.15. The van der Waals surface area contributed by atoms with E-state index in [2.05, 4.69) is 15.3 Å². The van der Waals surface area contributed by atoms with E-state index >= 15 is 0 Å². The number of nitrogens with zero attached hydrogens (tertiary/aromatic N) is 4. The first-order chi connectivity index (χ1) is 19.3. The van der Waals surface area contributed by atoms with Gasteiger partial charge >= 0.3 is 0 Å². The van der Waals surface area contributed by atoms with Crippen LogP contribution >= 0.6 is 11.6 Å². The van der Waals surface area contributed by atoms with Crippen molar-refractivity contribution in [2.45, 2.75) is 45.2 Å². The van der Waals surface area contributed by atoms with Crippen LogP contribution in [-0.4, -0.2) is 83.7 Å². The normalized spacial score (nSPS) is 17.1. The number of likely N-dealkylation sites (N-methyl/N-ethyl adjacent to an activating group) is 2. The summed E-state index contributed by atoms with van der Waals surface area (Å²) in [6.07, 6.45) is 4.04. The molecule has 11 heteroatoms. The fourth-order valence-electron chi connectivity index (χ4n) is 4.59. The number of nitrogens with one attached hydrogen (secondary N) is 1. The Bertz CT molecular complexity index is 1330. The number of benzene rings is 2. The van der Waals surface area contributed by atoms with Gasteiger partial charge in [0.25, 0.3) is 0 Å². The highest BCUT2D eigenvalue weighted by molar-refractivity contribution is 6.31. The minimum atomic E-state index is -0.531. The number of ketones is 1. The SMILES string of the molecule is C[C@H]1C(=O)CCCCOc2cc3c(ncnc3cc2OCCCN(C)CCO)Nc2cc(Cl)c(F)cc2CN1C. The maximum absolute atomic E-state index is 14.5. The summed E-state index contributed by atoms with van der Waals surface area (Å²) in [6.45, 7) is 4.60. The van der Waals surface area contributed by atoms with E-state index in [1.165, 1.54) is 18.5 Å². The molecule has 0 amide bonds. The first-order valence-electron chi connectivity index (χ1n) is 13.6. The largest absolute Gasteiger partial charge is 0.490 e. The molecule has 1 aromatic heterocycles. The monoisotopic (exact) mass is 573 g/mol. The molecule has 0 saturated carbocycles. The Balaban J connectivity index is 1.69. The van der Waals surface area contributed by atoms with Crippen molar-refractivity contribution in [1.82, 2.24) is 19.8 Å². The molecule has 1 aliphatic heterocycles. The lowest BCUT2D eigenvalue weighted by Gasteiger charge is -2.25. The zero-order chi connectivity index (χ0) is 28.6. The van der Waals surface area contributed by atoms with Gasteiger partial charge in [-0.3, -0.25) is 9.69 Å². The quantitative estimate of drug-likeness (QED) is 0.386. The van der Waals surface area contributed by atoms with Crippen LogP contribution in [0.25, 0.3) is 10.9 Å². The molecule has 4 rings (SSSR count). The summed E-state index contributed by atoms with van der Waals surface area (Å²) < 4.78 is 26.8. The van der Waals surface area contributed by atoms with Gasteiger partial charge in [-0.25, -0.2) is 14.4 Å². The molecule has 2 heterocycles. The maximum Gasteiger partial charge on any atom is 0.163 e. The Morgan fingerprint density at radius 1 is 1.25 bits per heavy atom. The molecular formula is C29H37ClFN5O4. The van der Waals surface area contributed by atoms with Crippen LogP contribution in [0.15, 0.2) is 30.6 Å². The second-order valence-electron chi connectivity index (χ2n) is 10.2. The van der Waals surface area contributed by atoms with Gasteiger partial charge in [-0.2, -0.15) is 0 Å². The van der Waals surface area contributed by atoms with E-state index in [9.17, 15) is 9.18 Å². The fraction of sp³-hybridized carbons (Fsp3) is 0.483.